The highest BCUT2D eigenvalue weighted by atomic mass is 16.5. The molecule has 0 radical (unpaired) electrons. The van der Waals surface area contributed by atoms with Crippen LogP contribution in [0.25, 0.3) is 11.4 Å². The molecule has 0 amide bonds. The van der Waals surface area contributed by atoms with Gasteiger partial charge in [0.15, 0.2) is 0 Å². The molecule has 114 valence electrons. The minimum atomic E-state index is 0.236. The maximum Gasteiger partial charge on any atom is 0.231 e. The van der Waals surface area contributed by atoms with Crippen LogP contribution in [0.5, 0.6) is 0 Å². The first-order chi connectivity index (χ1) is 10.2. The van der Waals surface area contributed by atoms with Crippen molar-refractivity contribution in [2.75, 3.05) is 6.54 Å². The van der Waals surface area contributed by atoms with Crippen LogP contribution in [0.15, 0.2) is 23.0 Å². The minimum absolute atomic E-state index is 0.236. The molecule has 5 heteroatoms. The molecule has 21 heavy (non-hydrogen) atoms. The van der Waals surface area contributed by atoms with Crippen molar-refractivity contribution in [1.29, 1.82) is 0 Å². The fourth-order valence-corrected chi connectivity index (χ4v) is 2.48. The summed E-state index contributed by atoms with van der Waals surface area (Å²) in [7, 11) is 0. The summed E-state index contributed by atoms with van der Waals surface area (Å²) in [5, 5.41) is 7.64. The van der Waals surface area contributed by atoms with Crippen molar-refractivity contribution in [2.45, 2.75) is 52.5 Å². The van der Waals surface area contributed by atoms with Gasteiger partial charge >= 0.3 is 0 Å². The Kier molecular flexibility index (Phi) is 5.44. The Morgan fingerprint density at radius 1 is 1.33 bits per heavy atom. The van der Waals surface area contributed by atoms with Crippen LogP contribution in [0, 0.1) is 6.92 Å². The van der Waals surface area contributed by atoms with Gasteiger partial charge in [-0.1, -0.05) is 19.0 Å². The van der Waals surface area contributed by atoms with E-state index in [1.807, 2.05) is 19.2 Å². The molecule has 2 atom stereocenters. The van der Waals surface area contributed by atoms with E-state index in [1.165, 1.54) is 0 Å². The van der Waals surface area contributed by atoms with Crippen molar-refractivity contribution in [3.63, 3.8) is 0 Å². The van der Waals surface area contributed by atoms with Crippen molar-refractivity contribution in [1.82, 2.24) is 20.4 Å². The van der Waals surface area contributed by atoms with Gasteiger partial charge in [0, 0.05) is 24.0 Å². The second-order valence-corrected chi connectivity index (χ2v) is 5.40. The third kappa shape index (κ3) is 3.67. The van der Waals surface area contributed by atoms with E-state index in [0.29, 0.717) is 17.8 Å². The molecular formula is C16H24N4O. The number of nitrogens with one attached hydrogen (secondary N) is 1. The predicted octanol–water partition coefficient (Wildman–Crippen LogP) is 3.32. The van der Waals surface area contributed by atoms with Gasteiger partial charge in [-0.2, -0.15) is 4.98 Å². The summed E-state index contributed by atoms with van der Waals surface area (Å²) in [5.74, 6) is 1.59. The summed E-state index contributed by atoms with van der Waals surface area (Å²) in [4.78, 5) is 8.69. The van der Waals surface area contributed by atoms with Gasteiger partial charge in [-0.15, -0.1) is 0 Å². The maximum absolute atomic E-state index is 5.51. The number of pyridine rings is 1. The third-order valence-corrected chi connectivity index (χ3v) is 3.78. The van der Waals surface area contributed by atoms with Crippen LogP contribution in [0.2, 0.25) is 0 Å². The number of aromatic nitrogens is 3. The predicted molar refractivity (Wildman–Crippen MR) is 83.1 cm³/mol. The Hall–Kier alpha value is -1.75. The van der Waals surface area contributed by atoms with E-state index >= 15 is 0 Å². The summed E-state index contributed by atoms with van der Waals surface area (Å²) < 4.78 is 5.51. The van der Waals surface area contributed by atoms with Gasteiger partial charge in [0.1, 0.15) is 0 Å². The molecule has 2 unspecified atom stereocenters. The van der Waals surface area contributed by atoms with Crippen molar-refractivity contribution < 1.29 is 4.52 Å². The van der Waals surface area contributed by atoms with E-state index in [1.54, 1.807) is 6.20 Å². The minimum Gasteiger partial charge on any atom is -0.339 e. The third-order valence-electron chi connectivity index (χ3n) is 3.78. The van der Waals surface area contributed by atoms with Crippen LogP contribution in [0.1, 0.15) is 51.0 Å². The summed E-state index contributed by atoms with van der Waals surface area (Å²) in [6.45, 7) is 9.49. The second-order valence-electron chi connectivity index (χ2n) is 5.40. The molecule has 0 spiro atoms. The molecule has 0 aliphatic heterocycles. The Labute approximate surface area is 126 Å². The van der Waals surface area contributed by atoms with Crippen molar-refractivity contribution in [2.24, 2.45) is 0 Å². The van der Waals surface area contributed by atoms with Gasteiger partial charge in [0.25, 0.3) is 0 Å². The van der Waals surface area contributed by atoms with Gasteiger partial charge in [-0.05, 0) is 44.9 Å². The average molecular weight is 288 g/mol. The van der Waals surface area contributed by atoms with Crippen LogP contribution >= 0.6 is 0 Å². The molecule has 0 saturated carbocycles. The molecule has 0 bridgehead atoms. The molecule has 2 aromatic heterocycles. The van der Waals surface area contributed by atoms with Crippen molar-refractivity contribution >= 4 is 0 Å². The van der Waals surface area contributed by atoms with Gasteiger partial charge in [-0.3, -0.25) is 4.98 Å². The first-order valence-corrected chi connectivity index (χ1v) is 7.65. The number of aryl methyl sites for hydroxylation is 1. The summed E-state index contributed by atoms with van der Waals surface area (Å²) in [6, 6.07) is 2.24. The molecule has 1 N–H and O–H groups in total. The van der Waals surface area contributed by atoms with Crippen LogP contribution < -0.4 is 5.32 Å². The lowest BCUT2D eigenvalue weighted by atomic mass is 9.98. The molecule has 0 saturated heterocycles. The molecular weight excluding hydrogens is 264 g/mol. The number of rotatable bonds is 7. The zero-order chi connectivity index (χ0) is 15.2. The normalized spacial score (nSPS) is 14.1. The summed E-state index contributed by atoms with van der Waals surface area (Å²) in [6.07, 6.45) is 5.65. The Balaban J connectivity index is 2.20. The summed E-state index contributed by atoms with van der Waals surface area (Å²) in [5.41, 5.74) is 2.03. The molecule has 0 fully saturated rings. The topological polar surface area (TPSA) is 63.8 Å². The van der Waals surface area contributed by atoms with Gasteiger partial charge in [-0.25, -0.2) is 0 Å². The number of hydrogen-bond acceptors (Lipinski definition) is 5. The van der Waals surface area contributed by atoms with E-state index < -0.39 is 0 Å². The van der Waals surface area contributed by atoms with Gasteiger partial charge < -0.3 is 9.84 Å². The second kappa shape index (κ2) is 7.31. The fraction of sp³-hybridized carbons (Fsp3) is 0.562. The van der Waals surface area contributed by atoms with Gasteiger partial charge in [0.05, 0.1) is 5.92 Å². The maximum atomic E-state index is 5.51. The SMILES string of the molecule is CCCNC(C)C(CC)c1nc(-c2ccncc2C)no1. The average Bonchev–Trinajstić information content (AvgIpc) is 2.95. The smallest absolute Gasteiger partial charge is 0.231 e. The largest absolute Gasteiger partial charge is 0.339 e. The quantitative estimate of drug-likeness (QED) is 0.846. The van der Waals surface area contributed by atoms with E-state index in [9.17, 15) is 0 Å². The molecule has 0 aliphatic rings. The number of hydrogen-bond donors (Lipinski definition) is 1. The molecule has 2 heterocycles. The standard InChI is InChI=1S/C16H24N4O/c1-5-8-18-12(4)13(6-2)16-19-15(20-21-16)14-7-9-17-10-11(14)3/h7,9-10,12-13,18H,5-6,8H2,1-4H3. The fourth-order valence-electron chi connectivity index (χ4n) is 2.48. The zero-order valence-corrected chi connectivity index (χ0v) is 13.3. The van der Waals surface area contributed by atoms with E-state index in [0.717, 1.165) is 30.5 Å². The Morgan fingerprint density at radius 3 is 2.81 bits per heavy atom. The van der Waals surface area contributed by atoms with E-state index in [-0.39, 0.29) is 5.92 Å². The molecule has 0 aromatic carbocycles. The highest BCUT2D eigenvalue weighted by Gasteiger charge is 2.23. The van der Waals surface area contributed by atoms with Crippen LogP contribution in [-0.2, 0) is 0 Å². The lowest BCUT2D eigenvalue weighted by molar-refractivity contribution is 0.316. The lowest BCUT2D eigenvalue weighted by Gasteiger charge is -2.20. The van der Waals surface area contributed by atoms with Crippen LogP contribution in [-0.4, -0.2) is 27.7 Å². The van der Waals surface area contributed by atoms with Gasteiger partial charge in [0.2, 0.25) is 11.7 Å². The van der Waals surface area contributed by atoms with Crippen LogP contribution in [0.3, 0.4) is 0 Å². The molecule has 0 aliphatic carbocycles. The first-order valence-electron chi connectivity index (χ1n) is 7.65. The monoisotopic (exact) mass is 288 g/mol. The van der Waals surface area contributed by atoms with E-state index in [2.05, 4.69) is 41.2 Å². The highest BCUT2D eigenvalue weighted by molar-refractivity contribution is 5.57. The zero-order valence-electron chi connectivity index (χ0n) is 13.3. The first kappa shape index (κ1) is 15.6. The molecule has 5 nitrogen and oxygen atoms in total. The molecule has 2 aromatic rings. The Morgan fingerprint density at radius 2 is 2.14 bits per heavy atom. The highest BCUT2D eigenvalue weighted by Crippen LogP contribution is 2.25. The lowest BCUT2D eigenvalue weighted by Crippen LogP contribution is -2.32. The van der Waals surface area contributed by atoms with Crippen molar-refractivity contribution in [3.8, 4) is 11.4 Å². The Bertz CT molecular complexity index is 567. The molecule has 2 rings (SSSR count). The van der Waals surface area contributed by atoms with Crippen LogP contribution in [0.4, 0.5) is 0 Å². The number of nitrogens with zero attached hydrogens (tertiary/aromatic N) is 3. The summed E-state index contributed by atoms with van der Waals surface area (Å²) >= 11 is 0. The van der Waals surface area contributed by atoms with E-state index in [4.69, 9.17) is 4.52 Å². The van der Waals surface area contributed by atoms with Crippen molar-refractivity contribution in [3.05, 3.63) is 29.9 Å².